The molecule has 0 fully saturated rings. The number of pyridine rings is 1. The molecule has 2 nitrogen and oxygen atoms in total. The Bertz CT molecular complexity index is 389. The Morgan fingerprint density at radius 2 is 1.88 bits per heavy atom. The number of hydrogen-bond acceptors (Lipinski definition) is 2. The average Bonchev–Trinajstić information content (AvgIpc) is 2.14. The molecule has 0 unspecified atom stereocenters. The molecule has 1 rings (SSSR count). The number of methoxy groups -OCH3 is 1. The van der Waals surface area contributed by atoms with Crippen LogP contribution in [0.25, 0.3) is 0 Å². The summed E-state index contributed by atoms with van der Waals surface area (Å²) in [6.07, 6.45) is -8.13. The van der Waals surface area contributed by atoms with Crippen LogP contribution in [0.3, 0.4) is 0 Å². The number of hydrogen-bond donors (Lipinski definition) is 0. The third kappa shape index (κ3) is 2.20. The summed E-state index contributed by atoms with van der Waals surface area (Å²) >= 11 is 0. The van der Waals surface area contributed by atoms with Gasteiger partial charge in [0.05, 0.1) is 18.9 Å². The van der Waals surface area contributed by atoms with Crippen molar-refractivity contribution in [2.24, 2.45) is 0 Å². The van der Waals surface area contributed by atoms with Crippen molar-refractivity contribution in [1.29, 1.82) is 0 Å². The van der Waals surface area contributed by atoms with Gasteiger partial charge in [0.1, 0.15) is 5.75 Å². The van der Waals surface area contributed by atoms with Gasteiger partial charge in [-0.25, -0.2) is 18.2 Å². The number of nitrogens with zero attached hydrogens (tertiary/aromatic N) is 1. The highest BCUT2D eigenvalue weighted by Gasteiger charge is 2.39. The number of aromatic nitrogens is 1. The molecule has 1 aromatic rings. The van der Waals surface area contributed by atoms with E-state index >= 15 is 0 Å². The maximum atomic E-state index is 13.1. The van der Waals surface area contributed by atoms with Gasteiger partial charge in [0.2, 0.25) is 0 Å². The molecular formula is C8H5F6NO. The van der Waals surface area contributed by atoms with Crippen molar-refractivity contribution in [3.05, 3.63) is 23.3 Å². The van der Waals surface area contributed by atoms with E-state index in [9.17, 15) is 26.3 Å². The van der Waals surface area contributed by atoms with E-state index < -0.39 is 35.4 Å². The monoisotopic (exact) mass is 245 g/mol. The van der Waals surface area contributed by atoms with Gasteiger partial charge < -0.3 is 4.74 Å². The van der Waals surface area contributed by atoms with E-state index in [4.69, 9.17) is 0 Å². The summed E-state index contributed by atoms with van der Waals surface area (Å²) in [4.78, 5) is 2.71. The molecule has 0 N–H and O–H groups in total. The third-order valence-electron chi connectivity index (χ3n) is 1.73. The lowest BCUT2D eigenvalue weighted by molar-refractivity contribution is -0.144. The van der Waals surface area contributed by atoms with Crippen LogP contribution in [0.5, 0.6) is 5.75 Å². The minimum atomic E-state index is -5.13. The van der Waals surface area contributed by atoms with Crippen molar-refractivity contribution < 1.29 is 31.1 Å². The summed E-state index contributed by atoms with van der Waals surface area (Å²) in [5.74, 6) is -2.83. The maximum absolute atomic E-state index is 13.1. The smallest absolute Gasteiger partial charge is 0.436 e. The van der Waals surface area contributed by atoms with Gasteiger partial charge in [0.25, 0.3) is 6.43 Å². The first-order chi connectivity index (χ1) is 7.29. The van der Waals surface area contributed by atoms with E-state index in [0.717, 1.165) is 7.11 Å². The van der Waals surface area contributed by atoms with Crippen LogP contribution in [0.2, 0.25) is 0 Å². The van der Waals surface area contributed by atoms with Gasteiger partial charge in [-0.1, -0.05) is 0 Å². The first-order valence-corrected chi connectivity index (χ1v) is 3.86. The third-order valence-corrected chi connectivity index (χ3v) is 1.73. The molecule has 0 amide bonds. The molecule has 1 heterocycles. The number of alkyl halides is 5. The second-order valence-electron chi connectivity index (χ2n) is 2.70. The van der Waals surface area contributed by atoms with Crippen LogP contribution >= 0.6 is 0 Å². The Morgan fingerprint density at radius 1 is 1.31 bits per heavy atom. The normalized spacial score (nSPS) is 12.0. The molecule has 0 aromatic carbocycles. The zero-order chi connectivity index (χ0) is 12.5. The van der Waals surface area contributed by atoms with Crippen LogP contribution in [0.15, 0.2) is 6.20 Å². The van der Waals surface area contributed by atoms with Gasteiger partial charge in [-0.2, -0.15) is 13.2 Å². The highest BCUT2D eigenvalue weighted by Crippen LogP contribution is 2.37. The predicted molar refractivity (Wildman–Crippen MR) is 40.7 cm³/mol. The number of ether oxygens (including phenoxy) is 1. The minimum Gasteiger partial charge on any atom is -0.495 e. The van der Waals surface area contributed by atoms with E-state index in [1.165, 1.54) is 0 Å². The SMILES string of the molecule is COc1cnc(C(F)(F)F)c(F)c1C(F)F. The molecule has 0 atom stereocenters. The van der Waals surface area contributed by atoms with Crippen LogP contribution in [0.4, 0.5) is 26.3 Å². The van der Waals surface area contributed by atoms with Crippen LogP contribution < -0.4 is 4.74 Å². The van der Waals surface area contributed by atoms with Crippen molar-refractivity contribution in [3.8, 4) is 5.75 Å². The number of halogens is 6. The summed E-state index contributed by atoms with van der Waals surface area (Å²) < 4.78 is 78.5. The van der Waals surface area contributed by atoms with Crippen LogP contribution in [-0.2, 0) is 6.18 Å². The highest BCUT2D eigenvalue weighted by atomic mass is 19.4. The molecule has 0 bridgehead atoms. The zero-order valence-electron chi connectivity index (χ0n) is 7.78. The molecule has 0 saturated carbocycles. The van der Waals surface area contributed by atoms with E-state index in [1.807, 2.05) is 0 Å². The Hall–Kier alpha value is -1.47. The fourth-order valence-corrected chi connectivity index (χ4v) is 1.05. The van der Waals surface area contributed by atoms with Crippen molar-refractivity contribution >= 4 is 0 Å². The minimum absolute atomic E-state index is 0.410. The fraction of sp³-hybridized carbons (Fsp3) is 0.375. The van der Waals surface area contributed by atoms with Crippen molar-refractivity contribution in [2.75, 3.05) is 7.11 Å². The lowest BCUT2D eigenvalue weighted by atomic mass is 10.2. The van der Waals surface area contributed by atoms with E-state index in [2.05, 4.69) is 9.72 Å². The maximum Gasteiger partial charge on any atom is 0.436 e. The molecular weight excluding hydrogens is 240 g/mol. The Kier molecular flexibility index (Phi) is 3.30. The lowest BCUT2D eigenvalue weighted by Crippen LogP contribution is -2.14. The molecule has 1 aromatic heterocycles. The Morgan fingerprint density at radius 3 is 2.25 bits per heavy atom. The Balaban J connectivity index is 3.44. The molecule has 0 aliphatic carbocycles. The quantitative estimate of drug-likeness (QED) is 0.746. The van der Waals surface area contributed by atoms with E-state index in [-0.39, 0.29) is 0 Å². The van der Waals surface area contributed by atoms with Crippen molar-refractivity contribution in [1.82, 2.24) is 4.98 Å². The summed E-state index contributed by atoms with van der Waals surface area (Å²) in [7, 11) is 0.926. The molecule has 0 aliphatic rings. The summed E-state index contributed by atoms with van der Waals surface area (Å²) in [6, 6.07) is 0. The zero-order valence-corrected chi connectivity index (χ0v) is 7.78. The molecule has 0 spiro atoms. The number of rotatable bonds is 2. The molecule has 0 saturated heterocycles. The fourth-order valence-electron chi connectivity index (χ4n) is 1.05. The summed E-state index contributed by atoms with van der Waals surface area (Å²) in [5.41, 5.74) is -3.42. The standard InChI is InChI=1S/C8H5F6NO/c1-16-3-2-15-6(8(12,13)14)5(9)4(3)7(10)11/h2,7H,1H3. The molecule has 0 radical (unpaired) electrons. The first kappa shape index (κ1) is 12.6. The predicted octanol–water partition coefficient (Wildman–Crippen LogP) is 3.19. The molecule has 90 valence electrons. The lowest BCUT2D eigenvalue weighted by Gasteiger charge is -2.12. The van der Waals surface area contributed by atoms with Gasteiger partial charge in [-0.15, -0.1) is 0 Å². The van der Waals surface area contributed by atoms with Gasteiger partial charge in [0, 0.05) is 0 Å². The van der Waals surface area contributed by atoms with Gasteiger partial charge in [-0.3, -0.25) is 0 Å². The summed E-state index contributed by atoms with van der Waals surface area (Å²) in [6.45, 7) is 0. The molecule has 16 heavy (non-hydrogen) atoms. The Labute approximate surface area is 85.9 Å². The van der Waals surface area contributed by atoms with E-state index in [0.29, 0.717) is 6.20 Å². The van der Waals surface area contributed by atoms with Gasteiger partial charge in [0.15, 0.2) is 11.5 Å². The van der Waals surface area contributed by atoms with Crippen LogP contribution in [-0.4, -0.2) is 12.1 Å². The topological polar surface area (TPSA) is 22.1 Å². The highest BCUT2D eigenvalue weighted by molar-refractivity contribution is 5.36. The van der Waals surface area contributed by atoms with Gasteiger partial charge >= 0.3 is 6.18 Å². The average molecular weight is 245 g/mol. The largest absolute Gasteiger partial charge is 0.495 e. The molecule has 0 aliphatic heterocycles. The van der Waals surface area contributed by atoms with Gasteiger partial charge in [-0.05, 0) is 0 Å². The second kappa shape index (κ2) is 4.18. The van der Waals surface area contributed by atoms with E-state index in [1.54, 1.807) is 0 Å². The van der Waals surface area contributed by atoms with Crippen LogP contribution in [0, 0.1) is 5.82 Å². The summed E-state index contributed by atoms with van der Waals surface area (Å²) in [5, 5.41) is 0. The molecule has 8 heteroatoms. The van der Waals surface area contributed by atoms with Crippen molar-refractivity contribution in [3.63, 3.8) is 0 Å². The van der Waals surface area contributed by atoms with Crippen molar-refractivity contribution in [2.45, 2.75) is 12.6 Å². The van der Waals surface area contributed by atoms with Crippen LogP contribution in [0.1, 0.15) is 17.7 Å². The first-order valence-electron chi connectivity index (χ1n) is 3.86. The second-order valence-corrected chi connectivity index (χ2v) is 2.70.